The minimum atomic E-state index is -3.21. The summed E-state index contributed by atoms with van der Waals surface area (Å²) < 4.78 is 20.8. The average molecular weight is 229 g/mol. The number of carbonyl (C=O) groups excluding carboxylic acids is 1. The second kappa shape index (κ2) is 9.39. The Balaban J connectivity index is 0. The molecule has 0 rings (SSSR count). The van der Waals surface area contributed by atoms with E-state index >= 15 is 0 Å². The van der Waals surface area contributed by atoms with Crippen molar-refractivity contribution in [2.45, 2.75) is 27.7 Å². The second-order valence-electron chi connectivity index (χ2n) is 2.39. The third-order valence-electron chi connectivity index (χ3n) is 1.23. The summed E-state index contributed by atoms with van der Waals surface area (Å²) >= 11 is 0. The van der Waals surface area contributed by atoms with Gasteiger partial charge in [-0.25, -0.2) is 0 Å². The second-order valence-corrected chi connectivity index (χ2v) is 4.46. The topological polar surface area (TPSA) is 54.0 Å². The van der Waals surface area contributed by atoms with E-state index in [2.05, 4.69) is 0 Å². The number of hydrogen-bond donors (Lipinski definition) is 0. The standard InChI is InChI=1S/C8H18O5Si.Li/c1-5-10-14(11-6-2,12-7-3)13-8(4)9;/h5-7H2,1-4H3;. The van der Waals surface area contributed by atoms with Crippen LogP contribution in [0.15, 0.2) is 0 Å². The van der Waals surface area contributed by atoms with Crippen molar-refractivity contribution in [1.82, 2.24) is 0 Å². The molecule has 0 aliphatic rings. The van der Waals surface area contributed by atoms with Crippen molar-refractivity contribution in [3.8, 4) is 0 Å². The molecule has 0 aliphatic heterocycles. The van der Waals surface area contributed by atoms with Crippen LogP contribution >= 0.6 is 0 Å². The van der Waals surface area contributed by atoms with Crippen molar-refractivity contribution in [1.29, 1.82) is 0 Å². The third kappa shape index (κ3) is 7.11. The molecule has 0 amide bonds. The minimum absolute atomic E-state index is 0. The minimum Gasteiger partial charge on any atom is -0.452 e. The van der Waals surface area contributed by atoms with Gasteiger partial charge in [-0.15, -0.1) is 0 Å². The SMILES string of the molecule is CCO[Si](OCC)(OCC)OC(C)=O.[Li]. The molecule has 0 aromatic carbocycles. The Labute approximate surface area is 104 Å². The molecule has 7 heteroatoms. The van der Waals surface area contributed by atoms with Crippen LogP contribution < -0.4 is 0 Å². The van der Waals surface area contributed by atoms with Crippen molar-refractivity contribution in [3.63, 3.8) is 0 Å². The summed E-state index contributed by atoms with van der Waals surface area (Å²) in [6.07, 6.45) is 0. The van der Waals surface area contributed by atoms with Gasteiger partial charge in [0.2, 0.25) is 0 Å². The first-order valence-corrected chi connectivity index (χ1v) is 6.35. The van der Waals surface area contributed by atoms with Crippen molar-refractivity contribution in [3.05, 3.63) is 0 Å². The van der Waals surface area contributed by atoms with E-state index in [1.54, 1.807) is 20.8 Å². The van der Waals surface area contributed by atoms with Crippen molar-refractivity contribution in [2.75, 3.05) is 19.8 Å². The maximum Gasteiger partial charge on any atom is 0.751 e. The third-order valence-corrected chi connectivity index (χ3v) is 3.70. The maximum atomic E-state index is 10.9. The van der Waals surface area contributed by atoms with Crippen molar-refractivity contribution < 1.29 is 22.5 Å². The molecule has 0 saturated heterocycles. The summed E-state index contributed by atoms with van der Waals surface area (Å²) in [6.45, 7) is 7.85. The quantitative estimate of drug-likeness (QED) is 0.602. The molecule has 1 radical (unpaired) electrons. The van der Waals surface area contributed by atoms with Gasteiger partial charge in [0.05, 0.1) is 0 Å². The van der Waals surface area contributed by atoms with E-state index in [0.29, 0.717) is 19.8 Å². The van der Waals surface area contributed by atoms with Crippen LogP contribution in [0.4, 0.5) is 0 Å². The summed E-state index contributed by atoms with van der Waals surface area (Å²) in [5, 5.41) is 0. The van der Waals surface area contributed by atoms with Gasteiger partial charge in [-0.1, -0.05) is 0 Å². The molecule has 5 nitrogen and oxygen atoms in total. The van der Waals surface area contributed by atoms with E-state index in [1.807, 2.05) is 0 Å². The van der Waals surface area contributed by atoms with Gasteiger partial charge < -0.3 is 17.7 Å². The first kappa shape index (κ1) is 17.6. The molecule has 85 valence electrons. The van der Waals surface area contributed by atoms with E-state index in [4.69, 9.17) is 17.7 Å². The monoisotopic (exact) mass is 229 g/mol. The molecule has 0 spiro atoms. The van der Waals surface area contributed by atoms with Gasteiger partial charge in [0.1, 0.15) is 0 Å². The average Bonchev–Trinajstić information content (AvgIpc) is 2.03. The van der Waals surface area contributed by atoms with Gasteiger partial charge >= 0.3 is 9.05 Å². The van der Waals surface area contributed by atoms with E-state index in [0.717, 1.165) is 0 Å². The Morgan fingerprint density at radius 1 is 1.00 bits per heavy atom. The van der Waals surface area contributed by atoms with Gasteiger partial charge in [-0.3, -0.25) is 4.79 Å². The summed E-state index contributed by atoms with van der Waals surface area (Å²) in [6, 6.07) is 0. The smallest absolute Gasteiger partial charge is 0.452 e. The Morgan fingerprint density at radius 3 is 1.53 bits per heavy atom. The summed E-state index contributed by atoms with van der Waals surface area (Å²) in [5.74, 6) is -0.452. The molecule has 0 aliphatic carbocycles. The van der Waals surface area contributed by atoms with Gasteiger partial charge in [0.15, 0.2) is 0 Å². The number of hydrogen-bond acceptors (Lipinski definition) is 5. The molecule has 0 aromatic rings. The summed E-state index contributed by atoms with van der Waals surface area (Å²) in [7, 11) is -3.21. The molecule has 0 fully saturated rings. The van der Waals surface area contributed by atoms with Crippen LogP contribution in [0.5, 0.6) is 0 Å². The molecule has 0 N–H and O–H groups in total. The number of carbonyl (C=O) groups is 1. The van der Waals surface area contributed by atoms with Gasteiger partial charge in [-0.05, 0) is 20.8 Å². The maximum absolute atomic E-state index is 10.9. The van der Waals surface area contributed by atoms with Crippen LogP contribution in [-0.4, -0.2) is 53.7 Å². The Kier molecular flexibility index (Phi) is 11.0. The van der Waals surface area contributed by atoms with Crippen LogP contribution in [0.25, 0.3) is 0 Å². The first-order valence-electron chi connectivity index (χ1n) is 4.71. The summed E-state index contributed by atoms with van der Waals surface area (Å²) in [4.78, 5) is 10.9. The van der Waals surface area contributed by atoms with Crippen LogP contribution in [0.2, 0.25) is 0 Å². The van der Waals surface area contributed by atoms with Gasteiger partial charge in [-0.2, -0.15) is 0 Å². The van der Waals surface area contributed by atoms with Crippen LogP contribution in [0.3, 0.4) is 0 Å². The van der Waals surface area contributed by atoms with E-state index in [-0.39, 0.29) is 18.9 Å². The molecule has 0 saturated carbocycles. The fourth-order valence-electron chi connectivity index (χ4n) is 0.920. The largest absolute Gasteiger partial charge is 0.751 e. The van der Waals surface area contributed by atoms with Crippen LogP contribution in [0.1, 0.15) is 27.7 Å². The zero-order valence-corrected chi connectivity index (χ0v) is 11.2. The van der Waals surface area contributed by atoms with Crippen molar-refractivity contribution >= 4 is 33.9 Å². The van der Waals surface area contributed by atoms with Gasteiger partial charge in [0, 0.05) is 45.6 Å². The normalized spacial score (nSPS) is 10.7. The molecule has 0 aromatic heterocycles. The van der Waals surface area contributed by atoms with E-state index in [1.165, 1.54) is 6.92 Å². The predicted octanol–water partition coefficient (Wildman–Crippen LogP) is 0.714. The summed E-state index contributed by atoms with van der Waals surface area (Å²) in [5.41, 5.74) is 0. The fraction of sp³-hybridized carbons (Fsp3) is 0.875. The molecule has 0 unspecified atom stereocenters. The van der Waals surface area contributed by atoms with Crippen LogP contribution in [0, 0.1) is 0 Å². The molecule has 0 atom stereocenters. The Hall–Kier alpha value is 0.164. The van der Waals surface area contributed by atoms with Crippen molar-refractivity contribution in [2.24, 2.45) is 0 Å². The Morgan fingerprint density at radius 2 is 1.33 bits per heavy atom. The molecule has 0 heterocycles. The van der Waals surface area contributed by atoms with Gasteiger partial charge in [0.25, 0.3) is 5.97 Å². The zero-order valence-electron chi connectivity index (χ0n) is 10.2. The van der Waals surface area contributed by atoms with Crippen LogP contribution in [-0.2, 0) is 22.5 Å². The molecular weight excluding hydrogens is 211 g/mol. The molecule has 0 bridgehead atoms. The fourth-order valence-corrected chi connectivity index (χ4v) is 2.76. The Bertz CT molecular complexity index is 161. The first-order chi connectivity index (χ1) is 6.60. The zero-order chi connectivity index (χ0) is 11.0. The number of rotatable bonds is 7. The molecular formula is C8H18LiO5Si. The van der Waals surface area contributed by atoms with E-state index in [9.17, 15) is 4.79 Å². The van der Waals surface area contributed by atoms with E-state index < -0.39 is 15.0 Å². The predicted molar refractivity (Wildman–Crippen MR) is 58.2 cm³/mol. The molecule has 15 heavy (non-hydrogen) atoms.